The number of benzene rings is 2. The summed E-state index contributed by atoms with van der Waals surface area (Å²) in [6.45, 7) is 6.15. The standard InChI is InChI=1S/C25H33N3O7S/c1-24(2,3)35-23(30)28-15-13-25(14-16-28,22(29)27-31)26-17-18-5-9-20(10-6-18)36(32,33)21-11-7-19(34-4)8-12-21/h5-12,26,31H,13-17H2,1-4H3,(H,27,29). The molecule has 0 aliphatic carbocycles. The van der Waals surface area contributed by atoms with Crippen LogP contribution in [0.3, 0.4) is 0 Å². The van der Waals surface area contributed by atoms with Gasteiger partial charge in [-0.2, -0.15) is 0 Å². The number of hydrogen-bond donors (Lipinski definition) is 3. The number of hydrogen-bond acceptors (Lipinski definition) is 8. The molecule has 0 unspecified atom stereocenters. The highest BCUT2D eigenvalue weighted by Gasteiger charge is 2.42. The Labute approximate surface area is 211 Å². The van der Waals surface area contributed by atoms with Crippen molar-refractivity contribution in [2.75, 3.05) is 20.2 Å². The summed E-state index contributed by atoms with van der Waals surface area (Å²) in [5.41, 5.74) is 0.756. The van der Waals surface area contributed by atoms with Crippen LogP contribution in [-0.2, 0) is 25.9 Å². The summed E-state index contributed by atoms with van der Waals surface area (Å²) in [5, 5.41) is 12.5. The monoisotopic (exact) mass is 519 g/mol. The van der Waals surface area contributed by atoms with Crippen LogP contribution in [0.25, 0.3) is 0 Å². The molecule has 3 rings (SSSR count). The average Bonchev–Trinajstić information content (AvgIpc) is 2.86. The molecule has 1 fully saturated rings. The number of likely N-dealkylation sites (tertiary alicyclic amines) is 1. The maximum Gasteiger partial charge on any atom is 0.410 e. The van der Waals surface area contributed by atoms with E-state index in [1.807, 2.05) is 0 Å². The predicted molar refractivity (Wildman–Crippen MR) is 131 cm³/mol. The van der Waals surface area contributed by atoms with Gasteiger partial charge in [0, 0.05) is 19.6 Å². The molecule has 10 nitrogen and oxygen atoms in total. The third-order valence-electron chi connectivity index (χ3n) is 6.04. The summed E-state index contributed by atoms with van der Waals surface area (Å²) >= 11 is 0. The summed E-state index contributed by atoms with van der Waals surface area (Å²) in [4.78, 5) is 26.8. The third-order valence-corrected chi connectivity index (χ3v) is 7.82. The number of sulfone groups is 1. The highest BCUT2D eigenvalue weighted by Crippen LogP contribution is 2.26. The molecule has 1 heterocycles. The van der Waals surface area contributed by atoms with Crippen LogP contribution in [0, 0.1) is 0 Å². The van der Waals surface area contributed by atoms with Crippen molar-refractivity contribution < 1.29 is 32.7 Å². The summed E-state index contributed by atoms with van der Waals surface area (Å²) in [7, 11) is -2.19. The largest absolute Gasteiger partial charge is 0.497 e. The van der Waals surface area contributed by atoms with E-state index in [4.69, 9.17) is 9.47 Å². The number of nitrogens with zero attached hydrogens (tertiary/aromatic N) is 1. The molecule has 2 amide bonds. The Morgan fingerprint density at radius 3 is 2.00 bits per heavy atom. The molecule has 3 N–H and O–H groups in total. The van der Waals surface area contributed by atoms with Gasteiger partial charge < -0.3 is 14.4 Å². The third kappa shape index (κ3) is 6.34. The van der Waals surface area contributed by atoms with Gasteiger partial charge in [0.25, 0.3) is 5.91 Å². The van der Waals surface area contributed by atoms with E-state index < -0.39 is 33.0 Å². The Morgan fingerprint density at radius 1 is 1.00 bits per heavy atom. The van der Waals surface area contributed by atoms with Gasteiger partial charge in [0.15, 0.2) is 0 Å². The van der Waals surface area contributed by atoms with Crippen LogP contribution in [-0.4, -0.2) is 61.9 Å². The van der Waals surface area contributed by atoms with Crippen LogP contribution < -0.4 is 15.5 Å². The first-order valence-electron chi connectivity index (χ1n) is 11.6. The van der Waals surface area contributed by atoms with E-state index in [0.29, 0.717) is 5.75 Å². The van der Waals surface area contributed by atoms with Gasteiger partial charge in [-0.15, -0.1) is 0 Å². The number of nitrogens with one attached hydrogen (secondary N) is 2. The van der Waals surface area contributed by atoms with Gasteiger partial charge in [0.2, 0.25) is 9.84 Å². The van der Waals surface area contributed by atoms with Crippen molar-refractivity contribution in [2.24, 2.45) is 0 Å². The zero-order valence-corrected chi connectivity index (χ0v) is 21.7. The topological polar surface area (TPSA) is 134 Å². The Morgan fingerprint density at radius 2 is 1.53 bits per heavy atom. The fourth-order valence-corrected chi connectivity index (χ4v) is 5.20. The van der Waals surface area contributed by atoms with Crippen LogP contribution in [0.4, 0.5) is 4.79 Å². The van der Waals surface area contributed by atoms with Crippen molar-refractivity contribution in [1.82, 2.24) is 15.7 Å². The lowest BCUT2D eigenvalue weighted by molar-refractivity contribution is -0.138. The van der Waals surface area contributed by atoms with Crippen LogP contribution in [0.15, 0.2) is 58.3 Å². The van der Waals surface area contributed by atoms with Crippen molar-refractivity contribution in [3.63, 3.8) is 0 Å². The predicted octanol–water partition coefficient (Wildman–Crippen LogP) is 2.89. The molecule has 0 atom stereocenters. The molecule has 0 saturated carbocycles. The molecule has 1 aliphatic heterocycles. The lowest BCUT2D eigenvalue weighted by atomic mass is 9.86. The lowest BCUT2D eigenvalue weighted by Crippen LogP contribution is -2.62. The average molecular weight is 520 g/mol. The molecule has 2 aromatic rings. The fourth-order valence-electron chi connectivity index (χ4n) is 3.94. The van der Waals surface area contributed by atoms with Gasteiger partial charge in [0.05, 0.1) is 16.9 Å². The summed E-state index contributed by atoms with van der Waals surface area (Å²) in [5.74, 6) is -0.0295. The minimum atomic E-state index is -3.70. The van der Waals surface area contributed by atoms with Gasteiger partial charge in [-0.05, 0) is 75.6 Å². The van der Waals surface area contributed by atoms with Crippen molar-refractivity contribution >= 4 is 21.8 Å². The maximum atomic E-state index is 12.9. The van der Waals surface area contributed by atoms with Gasteiger partial charge in [-0.1, -0.05) is 12.1 Å². The summed E-state index contributed by atoms with van der Waals surface area (Å²) in [6, 6.07) is 12.5. The minimum absolute atomic E-state index is 0.143. The second kappa shape index (κ2) is 10.9. The normalized spacial score (nSPS) is 15.8. The molecule has 0 radical (unpaired) electrons. The molecule has 0 spiro atoms. The Balaban J connectivity index is 1.67. The van der Waals surface area contributed by atoms with Crippen molar-refractivity contribution in [3.8, 4) is 5.75 Å². The van der Waals surface area contributed by atoms with E-state index in [9.17, 15) is 23.2 Å². The SMILES string of the molecule is COc1ccc(S(=O)(=O)c2ccc(CNC3(C(=O)NO)CCN(C(=O)OC(C)(C)C)CC3)cc2)cc1. The van der Waals surface area contributed by atoms with E-state index in [0.717, 1.165) is 5.56 Å². The molecule has 196 valence electrons. The van der Waals surface area contributed by atoms with Crippen molar-refractivity contribution in [2.45, 2.75) is 61.1 Å². The second-order valence-electron chi connectivity index (χ2n) is 9.67. The minimum Gasteiger partial charge on any atom is -0.497 e. The number of carbonyl (C=O) groups excluding carboxylic acids is 2. The number of ether oxygens (including phenoxy) is 2. The molecular weight excluding hydrogens is 486 g/mol. The first-order chi connectivity index (χ1) is 16.9. The first kappa shape index (κ1) is 27.4. The molecule has 1 saturated heterocycles. The van der Waals surface area contributed by atoms with Gasteiger partial charge in [-0.25, -0.2) is 18.7 Å². The summed E-state index contributed by atoms with van der Waals surface area (Å²) in [6.07, 6.45) is 0.0830. The van der Waals surface area contributed by atoms with E-state index in [1.165, 1.54) is 36.3 Å². The molecule has 0 bridgehead atoms. The lowest BCUT2D eigenvalue weighted by Gasteiger charge is -2.41. The molecule has 1 aliphatic rings. The first-order valence-corrected chi connectivity index (χ1v) is 13.0. The number of hydroxylamine groups is 1. The van der Waals surface area contributed by atoms with E-state index in [2.05, 4.69) is 5.32 Å². The molecule has 2 aromatic carbocycles. The molecule has 36 heavy (non-hydrogen) atoms. The van der Waals surface area contributed by atoms with Crippen LogP contribution in [0.2, 0.25) is 0 Å². The Bertz CT molecular complexity index is 1170. The summed E-state index contributed by atoms with van der Waals surface area (Å²) < 4.78 is 36.3. The maximum absolute atomic E-state index is 12.9. The molecular formula is C25H33N3O7S. The van der Waals surface area contributed by atoms with Gasteiger partial charge >= 0.3 is 6.09 Å². The van der Waals surface area contributed by atoms with Crippen molar-refractivity contribution in [1.29, 1.82) is 0 Å². The Hall–Kier alpha value is -3.15. The van der Waals surface area contributed by atoms with Crippen LogP contribution in [0.1, 0.15) is 39.2 Å². The smallest absolute Gasteiger partial charge is 0.410 e. The van der Waals surface area contributed by atoms with Crippen LogP contribution in [0.5, 0.6) is 5.75 Å². The Kier molecular flexibility index (Phi) is 8.27. The van der Waals surface area contributed by atoms with Crippen molar-refractivity contribution in [3.05, 3.63) is 54.1 Å². The molecule has 0 aromatic heterocycles. The second-order valence-corrected chi connectivity index (χ2v) is 11.6. The quantitative estimate of drug-likeness (QED) is 0.376. The number of methoxy groups -OCH3 is 1. The van der Waals surface area contributed by atoms with E-state index in [1.54, 1.807) is 50.5 Å². The number of carbonyl (C=O) groups is 2. The zero-order chi connectivity index (χ0) is 26.6. The highest BCUT2D eigenvalue weighted by molar-refractivity contribution is 7.91. The van der Waals surface area contributed by atoms with Crippen LogP contribution >= 0.6 is 0 Å². The highest BCUT2D eigenvalue weighted by atomic mass is 32.2. The van der Waals surface area contributed by atoms with E-state index in [-0.39, 0.29) is 42.3 Å². The number of rotatable bonds is 7. The number of amides is 2. The van der Waals surface area contributed by atoms with Gasteiger partial charge in [0.1, 0.15) is 16.9 Å². The van der Waals surface area contributed by atoms with Gasteiger partial charge in [-0.3, -0.25) is 15.3 Å². The fraction of sp³-hybridized carbons (Fsp3) is 0.440. The van der Waals surface area contributed by atoms with E-state index >= 15 is 0 Å². The zero-order valence-electron chi connectivity index (χ0n) is 20.9. The number of piperidine rings is 1. The molecule has 11 heteroatoms.